The molecule has 1 rings (SSSR count). The molecule has 1 atom stereocenters. The van der Waals surface area contributed by atoms with E-state index in [1.54, 1.807) is 0 Å². The molecule has 0 fully saturated rings. The van der Waals surface area contributed by atoms with Crippen LogP contribution in [0.5, 0.6) is 0 Å². The van der Waals surface area contributed by atoms with Crippen LogP contribution >= 0.6 is 24.0 Å². The Bertz CT molecular complexity index is 426. The molecule has 1 aromatic rings. The first-order valence-corrected chi connectivity index (χ1v) is 7.17. The summed E-state index contributed by atoms with van der Waals surface area (Å²) in [6, 6.07) is 8.90. The van der Waals surface area contributed by atoms with Crippen molar-refractivity contribution >= 4 is 29.9 Å². The maximum Gasteiger partial charge on any atom is 0.188 e. The van der Waals surface area contributed by atoms with Gasteiger partial charge in [-0.2, -0.15) is 0 Å². The number of nitrogens with zero attached hydrogens (tertiary/aromatic N) is 2. The zero-order valence-corrected chi connectivity index (χ0v) is 16.1. The quantitative estimate of drug-likeness (QED) is 0.436. The zero-order chi connectivity index (χ0) is 15.1. The average molecular weight is 404 g/mol. The molecule has 0 radical (unpaired) electrons. The van der Waals surface area contributed by atoms with Crippen molar-refractivity contribution in [3.05, 3.63) is 35.4 Å². The highest BCUT2D eigenvalue weighted by atomic mass is 127. The van der Waals surface area contributed by atoms with Crippen molar-refractivity contribution in [1.82, 2.24) is 10.2 Å². The lowest BCUT2D eigenvalue weighted by Gasteiger charge is -2.25. The Morgan fingerprint density at radius 2 is 1.81 bits per heavy atom. The Balaban J connectivity index is 0.00000400. The molecule has 0 heterocycles. The molecule has 21 heavy (non-hydrogen) atoms. The number of rotatable bonds is 6. The Hall–Kier alpha value is -0.820. The van der Waals surface area contributed by atoms with Gasteiger partial charge in [0.15, 0.2) is 5.96 Å². The van der Waals surface area contributed by atoms with Gasteiger partial charge < -0.3 is 16.0 Å². The maximum atomic E-state index is 5.89. The number of hydrogen-bond donors (Lipinski definition) is 2. The summed E-state index contributed by atoms with van der Waals surface area (Å²) in [4.78, 5) is 6.52. The molecule has 0 aliphatic heterocycles. The standard InChI is InChI=1S/C16H28N4.HI/c1-12(2)10-18-16(17)19-11-15(20(4)5)14-8-6-13(3)7-9-14;/h6-9,12,15H,10-11H2,1-5H3,(H3,17,18,19);1H. The van der Waals surface area contributed by atoms with Gasteiger partial charge in [-0.15, -0.1) is 24.0 Å². The van der Waals surface area contributed by atoms with Crippen molar-refractivity contribution in [2.45, 2.75) is 26.8 Å². The van der Waals surface area contributed by atoms with Gasteiger partial charge in [0.05, 0.1) is 6.04 Å². The summed E-state index contributed by atoms with van der Waals surface area (Å²) in [5.74, 6) is 1.05. The molecular formula is C16H29IN4. The molecule has 120 valence electrons. The fraction of sp³-hybridized carbons (Fsp3) is 0.562. The van der Waals surface area contributed by atoms with Crippen LogP contribution in [0.25, 0.3) is 0 Å². The molecule has 0 saturated heterocycles. The Morgan fingerprint density at radius 3 is 2.29 bits per heavy atom. The summed E-state index contributed by atoms with van der Waals surface area (Å²) < 4.78 is 0. The predicted octanol–water partition coefficient (Wildman–Crippen LogP) is 2.78. The molecule has 1 aromatic carbocycles. The summed E-state index contributed by atoms with van der Waals surface area (Å²) >= 11 is 0. The van der Waals surface area contributed by atoms with Crippen LogP contribution in [-0.4, -0.2) is 38.0 Å². The van der Waals surface area contributed by atoms with Crippen LogP contribution in [-0.2, 0) is 0 Å². The number of guanidine groups is 1. The van der Waals surface area contributed by atoms with Gasteiger partial charge in [0, 0.05) is 13.1 Å². The number of nitrogens with two attached hydrogens (primary N) is 1. The fourth-order valence-corrected chi connectivity index (χ4v) is 1.93. The topological polar surface area (TPSA) is 53.6 Å². The minimum atomic E-state index is 0. The van der Waals surface area contributed by atoms with E-state index in [-0.39, 0.29) is 30.0 Å². The van der Waals surface area contributed by atoms with E-state index in [0.717, 1.165) is 13.1 Å². The monoisotopic (exact) mass is 404 g/mol. The first-order valence-electron chi connectivity index (χ1n) is 7.17. The van der Waals surface area contributed by atoms with Crippen molar-refractivity contribution in [3.63, 3.8) is 0 Å². The van der Waals surface area contributed by atoms with Crippen LogP contribution in [0.4, 0.5) is 0 Å². The van der Waals surface area contributed by atoms with Gasteiger partial charge in [-0.05, 0) is 32.5 Å². The molecule has 3 N–H and O–H groups in total. The van der Waals surface area contributed by atoms with E-state index in [1.165, 1.54) is 11.1 Å². The highest BCUT2D eigenvalue weighted by Gasteiger charge is 2.13. The molecule has 4 nitrogen and oxygen atoms in total. The van der Waals surface area contributed by atoms with Crippen LogP contribution in [0.15, 0.2) is 29.3 Å². The summed E-state index contributed by atoms with van der Waals surface area (Å²) in [6.45, 7) is 7.88. The smallest absolute Gasteiger partial charge is 0.188 e. The molecule has 0 saturated carbocycles. The van der Waals surface area contributed by atoms with Gasteiger partial charge in [-0.25, -0.2) is 0 Å². The van der Waals surface area contributed by atoms with E-state index in [9.17, 15) is 0 Å². The second-order valence-corrected chi connectivity index (χ2v) is 5.89. The van der Waals surface area contributed by atoms with Crippen LogP contribution in [0.1, 0.15) is 31.0 Å². The molecule has 0 aromatic heterocycles. The first-order chi connectivity index (χ1) is 9.40. The van der Waals surface area contributed by atoms with E-state index >= 15 is 0 Å². The Labute approximate surface area is 146 Å². The van der Waals surface area contributed by atoms with E-state index in [2.05, 4.69) is 74.3 Å². The average Bonchev–Trinajstić information content (AvgIpc) is 2.38. The van der Waals surface area contributed by atoms with Gasteiger partial charge >= 0.3 is 0 Å². The molecule has 5 heteroatoms. The maximum absolute atomic E-state index is 5.89. The number of nitrogens with one attached hydrogen (secondary N) is 1. The van der Waals surface area contributed by atoms with E-state index in [1.807, 2.05) is 0 Å². The highest BCUT2D eigenvalue weighted by Crippen LogP contribution is 2.17. The largest absolute Gasteiger partial charge is 0.370 e. The number of hydrogen-bond acceptors (Lipinski definition) is 2. The highest BCUT2D eigenvalue weighted by molar-refractivity contribution is 14.0. The van der Waals surface area contributed by atoms with Crippen molar-refractivity contribution < 1.29 is 0 Å². The summed E-state index contributed by atoms with van der Waals surface area (Å²) in [7, 11) is 4.15. The lowest BCUT2D eigenvalue weighted by atomic mass is 10.0. The molecule has 0 spiro atoms. The number of aliphatic imine (C=N–C) groups is 1. The summed E-state index contributed by atoms with van der Waals surface area (Å²) in [5, 5.41) is 3.22. The van der Waals surface area contributed by atoms with Crippen molar-refractivity contribution in [2.75, 3.05) is 27.2 Å². The Kier molecular flexibility index (Phi) is 9.61. The van der Waals surface area contributed by atoms with E-state index in [0.29, 0.717) is 11.9 Å². The van der Waals surface area contributed by atoms with Crippen molar-refractivity contribution in [3.8, 4) is 0 Å². The minimum Gasteiger partial charge on any atom is -0.370 e. The SMILES string of the molecule is Cc1ccc(C(CNC(N)=NCC(C)C)N(C)C)cc1.I. The van der Waals surface area contributed by atoms with Gasteiger partial charge in [0.2, 0.25) is 0 Å². The first kappa shape index (κ1) is 20.2. The number of aryl methyl sites for hydroxylation is 1. The third kappa shape index (κ3) is 7.66. The normalized spacial score (nSPS) is 13.2. The van der Waals surface area contributed by atoms with Crippen molar-refractivity contribution in [2.24, 2.45) is 16.6 Å². The van der Waals surface area contributed by atoms with E-state index < -0.39 is 0 Å². The van der Waals surface area contributed by atoms with Gasteiger partial charge in [0.1, 0.15) is 0 Å². The minimum absolute atomic E-state index is 0. The number of likely N-dealkylation sites (N-methyl/N-ethyl adjacent to an activating group) is 1. The van der Waals surface area contributed by atoms with Crippen LogP contribution in [0, 0.1) is 12.8 Å². The molecule has 0 amide bonds. The third-order valence-corrected chi connectivity index (χ3v) is 3.19. The van der Waals surface area contributed by atoms with Gasteiger partial charge in [-0.1, -0.05) is 43.7 Å². The lowest BCUT2D eigenvalue weighted by molar-refractivity contribution is 0.298. The second-order valence-electron chi connectivity index (χ2n) is 5.89. The van der Waals surface area contributed by atoms with Crippen LogP contribution < -0.4 is 11.1 Å². The second kappa shape index (κ2) is 10.00. The predicted molar refractivity (Wildman–Crippen MR) is 102 cm³/mol. The van der Waals surface area contributed by atoms with Crippen LogP contribution in [0.3, 0.4) is 0 Å². The number of halogens is 1. The van der Waals surface area contributed by atoms with E-state index in [4.69, 9.17) is 5.73 Å². The number of benzene rings is 1. The lowest BCUT2D eigenvalue weighted by Crippen LogP contribution is -2.38. The molecule has 0 bridgehead atoms. The van der Waals surface area contributed by atoms with Gasteiger partial charge in [-0.3, -0.25) is 4.99 Å². The summed E-state index contributed by atoms with van der Waals surface area (Å²) in [6.07, 6.45) is 0. The molecular weight excluding hydrogens is 375 g/mol. The fourth-order valence-electron chi connectivity index (χ4n) is 1.93. The Morgan fingerprint density at radius 1 is 1.24 bits per heavy atom. The molecule has 0 aliphatic rings. The zero-order valence-electron chi connectivity index (χ0n) is 13.8. The van der Waals surface area contributed by atoms with Crippen molar-refractivity contribution in [1.29, 1.82) is 0 Å². The van der Waals surface area contributed by atoms with Gasteiger partial charge in [0.25, 0.3) is 0 Å². The third-order valence-electron chi connectivity index (χ3n) is 3.19. The molecule has 0 aliphatic carbocycles. The van der Waals surface area contributed by atoms with Crippen LogP contribution in [0.2, 0.25) is 0 Å². The molecule has 1 unspecified atom stereocenters. The summed E-state index contributed by atoms with van der Waals surface area (Å²) in [5.41, 5.74) is 8.45.